The third-order valence-electron chi connectivity index (χ3n) is 3.43. The molecule has 1 amide bonds. The van der Waals surface area contributed by atoms with Crippen LogP contribution >= 0.6 is 11.3 Å². The minimum Gasteiger partial charge on any atom is -0.338 e. The van der Waals surface area contributed by atoms with E-state index in [-0.39, 0.29) is 18.0 Å². The van der Waals surface area contributed by atoms with Crippen LogP contribution in [0.2, 0.25) is 0 Å². The highest BCUT2D eigenvalue weighted by Crippen LogP contribution is 2.27. The highest BCUT2D eigenvalue weighted by Gasteiger charge is 2.14. The van der Waals surface area contributed by atoms with E-state index in [0.717, 1.165) is 10.2 Å². The van der Waals surface area contributed by atoms with E-state index in [0.29, 0.717) is 15.9 Å². The Bertz CT molecular complexity index is 1130. The minimum absolute atomic E-state index is 0.163. The monoisotopic (exact) mass is 341 g/mol. The van der Waals surface area contributed by atoms with E-state index in [1.54, 1.807) is 25.3 Å². The van der Waals surface area contributed by atoms with Crippen molar-refractivity contribution in [2.75, 3.05) is 5.32 Å². The molecule has 0 fully saturated rings. The number of hydrogen-bond acceptors (Lipinski definition) is 7. The molecule has 4 rings (SSSR count). The molecular formula is C15H11N5O3S. The van der Waals surface area contributed by atoms with E-state index in [4.69, 9.17) is 4.52 Å². The molecule has 0 saturated carbocycles. The molecule has 1 N–H and O–H groups in total. The quantitative estimate of drug-likeness (QED) is 0.611. The predicted molar refractivity (Wildman–Crippen MR) is 89.1 cm³/mol. The van der Waals surface area contributed by atoms with Crippen LogP contribution in [-0.2, 0) is 11.3 Å². The van der Waals surface area contributed by atoms with E-state index in [9.17, 15) is 9.59 Å². The molecule has 4 aromatic heterocycles. The number of anilines is 1. The molecule has 4 heterocycles. The van der Waals surface area contributed by atoms with Crippen LogP contribution in [0.4, 0.5) is 5.88 Å². The van der Waals surface area contributed by atoms with Crippen molar-refractivity contribution in [1.29, 1.82) is 0 Å². The van der Waals surface area contributed by atoms with E-state index in [2.05, 4.69) is 20.4 Å². The summed E-state index contributed by atoms with van der Waals surface area (Å²) in [5.74, 6) is -0.153. The van der Waals surface area contributed by atoms with Crippen LogP contribution in [0.3, 0.4) is 0 Å². The second-order valence-corrected chi connectivity index (χ2v) is 6.19. The predicted octanol–water partition coefficient (Wildman–Crippen LogP) is 1.94. The van der Waals surface area contributed by atoms with Gasteiger partial charge in [0.15, 0.2) is 0 Å². The van der Waals surface area contributed by atoms with Gasteiger partial charge in [0, 0.05) is 17.6 Å². The second-order valence-electron chi connectivity index (χ2n) is 5.19. The fourth-order valence-electron chi connectivity index (χ4n) is 2.37. The topological polar surface area (TPSA) is 103 Å². The zero-order valence-electron chi connectivity index (χ0n) is 12.5. The van der Waals surface area contributed by atoms with Gasteiger partial charge in [-0.25, -0.2) is 9.97 Å². The SMILES string of the molecule is Cc1cc(NC(=O)Cn2cnc3c(sc4ncccc43)c2=O)on1. The van der Waals surface area contributed by atoms with Crippen LogP contribution < -0.4 is 10.9 Å². The summed E-state index contributed by atoms with van der Waals surface area (Å²) in [6.45, 7) is 1.58. The summed E-state index contributed by atoms with van der Waals surface area (Å²) in [4.78, 5) is 33.9. The summed E-state index contributed by atoms with van der Waals surface area (Å²) in [6.07, 6.45) is 3.04. The van der Waals surface area contributed by atoms with Crippen LogP contribution in [0.1, 0.15) is 5.69 Å². The van der Waals surface area contributed by atoms with Gasteiger partial charge in [0.25, 0.3) is 5.56 Å². The molecule has 0 saturated heterocycles. The normalized spacial score (nSPS) is 11.2. The smallest absolute Gasteiger partial charge is 0.271 e. The van der Waals surface area contributed by atoms with Crippen molar-refractivity contribution in [1.82, 2.24) is 19.7 Å². The molecule has 0 spiro atoms. The molecule has 120 valence electrons. The second kappa shape index (κ2) is 5.53. The lowest BCUT2D eigenvalue weighted by molar-refractivity contribution is -0.116. The highest BCUT2D eigenvalue weighted by atomic mass is 32.1. The number of amides is 1. The molecule has 0 radical (unpaired) electrons. The number of nitrogens with zero attached hydrogens (tertiary/aromatic N) is 4. The van der Waals surface area contributed by atoms with Crippen LogP contribution in [0.25, 0.3) is 20.4 Å². The first-order chi connectivity index (χ1) is 11.6. The average molecular weight is 341 g/mol. The van der Waals surface area contributed by atoms with Crippen molar-refractivity contribution >= 4 is 43.6 Å². The van der Waals surface area contributed by atoms with Crippen molar-refractivity contribution in [2.24, 2.45) is 0 Å². The molecule has 0 bridgehead atoms. The van der Waals surface area contributed by atoms with Crippen LogP contribution in [0.15, 0.2) is 40.0 Å². The molecule has 0 unspecified atom stereocenters. The van der Waals surface area contributed by atoms with E-state index in [1.165, 1.54) is 22.2 Å². The number of fused-ring (bicyclic) bond motifs is 3. The first kappa shape index (κ1) is 14.5. The average Bonchev–Trinajstić information content (AvgIpc) is 3.14. The Morgan fingerprint density at radius 2 is 2.29 bits per heavy atom. The maximum Gasteiger partial charge on any atom is 0.271 e. The molecule has 0 aliphatic heterocycles. The van der Waals surface area contributed by atoms with Gasteiger partial charge < -0.3 is 4.52 Å². The number of rotatable bonds is 3. The summed E-state index contributed by atoms with van der Waals surface area (Å²) < 4.78 is 6.66. The summed E-state index contributed by atoms with van der Waals surface area (Å²) >= 11 is 1.27. The molecule has 0 aromatic carbocycles. The molecule has 0 atom stereocenters. The number of aromatic nitrogens is 4. The Morgan fingerprint density at radius 1 is 1.42 bits per heavy atom. The Kier molecular flexibility index (Phi) is 3.35. The molecule has 8 nitrogen and oxygen atoms in total. The van der Waals surface area contributed by atoms with E-state index in [1.807, 2.05) is 6.07 Å². The molecule has 9 heteroatoms. The number of aryl methyl sites for hydroxylation is 1. The fraction of sp³-hybridized carbons (Fsp3) is 0.133. The van der Waals surface area contributed by atoms with Gasteiger partial charge in [-0.05, 0) is 19.1 Å². The molecular weight excluding hydrogens is 330 g/mol. The summed E-state index contributed by atoms with van der Waals surface area (Å²) in [6, 6.07) is 5.27. The van der Waals surface area contributed by atoms with Gasteiger partial charge in [-0.1, -0.05) is 5.16 Å². The van der Waals surface area contributed by atoms with Gasteiger partial charge in [0.05, 0.1) is 17.5 Å². The Morgan fingerprint density at radius 3 is 3.08 bits per heavy atom. The molecule has 0 aliphatic carbocycles. The lowest BCUT2D eigenvalue weighted by atomic mass is 10.3. The largest absolute Gasteiger partial charge is 0.338 e. The number of nitrogens with one attached hydrogen (secondary N) is 1. The van der Waals surface area contributed by atoms with E-state index >= 15 is 0 Å². The van der Waals surface area contributed by atoms with Gasteiger partial charge in [-0.15, -0.1) is 11.3 Å². The first-order valence-electron chi connectivity index (χ1n) is 7.07. The number of hydrogen-bond donors (Lipinski definition) is 1. The zero-order valence-corrected chi connectivity index (χ0v) is 13.3. The maximum atomic E-state index is 12.6. The number of carbonyl (C=O) groups is 1. The molecule has 24 heavy (non-hydrogen) atoms. The summed E-state index contributed by atoms with van der Waals surface area (Å²) in [7, 11) is 0. The van der Waals surface area contributed by atoms with Gasteiger partial charge in [0.1, 0.15) is 16.1 Å². The van der Waals surface area contributed by atoms with Crippen molar-refractivity contribution in [2.45, 2.75) is 13.5 Å². The van der Waals surface area contributed by atoms with Gasteiger partial charge in [-0.3, -0.25) is 19.5 Å². The van der Waals surface area contributed by atoms with Crippen LogP contribution in [0.5, 0.6) is 0 Å². The summed E-state index contributed by atoms with van der Waals surface area (Å²) in [5.41, 5.74) is 0.992. The van der Waals surface area contributed by atoms with Crippen LogP contribution in [-0.4, -0.2) is 25.6 Å². The van der Waals surface area contributed by atoms with Crippen molar-refractivity contribution in [3.63, 3.8) is 0 Å². The van der Waals surface area contributed by atoms with Gasteiger partial charge >= 0.3 is 0 Å². The Balaban J connectivity index is 1.67. The van der Waals surface area contributed by atoms with Gasteiger partial charge in [0.2, 0.25) is 11.8 Å². The minimum atomic E-state index is -0.395. The molecule has 4 aromatic rings. The lowest BCUT2D eigenvalue weighted by Crippen LogP contribution is -2.27. The van der Waals surface area contributed by atoms with E-state index < -0.39 is 5.91 Å². The molecule has 0 aliphatic rings. The Hall–Kier alpha value is -3.07. The van der Waals surface area contributed by atoms with Crippen molar-refractivity contribution in [3.05, 3.63) is 46.8 Å². The zero-order chi connectivity index (χ0) is 16.7. The van der Waals surface area contributed by atoms with Crippen molar-refractivity contribution < 1.29 is 9.32 Å². The van der Waals surface area contributed by atoms with Crippen molar-refractivity contribution in [3.8, 4) is 0 Å². The highest BCUT2D eigenvalue weighted by molar-refractivity contribution is 7.25. The third-order valence-corrected chi connectivity index (χ3v) is 4.52. The Labute approximate surface area is 138 Å². The van der Waals surface area contributed by atoms with Crippen LogP contribution in [0, 0.1) is 6.92 Å². The summed E-state index contributed by atoms with van der Waals surface area (Å²) in [5, 5.41) is 7.07. The maximum absolute atomic E-state index is 12.6. The first-order valence-corrected chi connectivity index (χ1v) is 7.89. The number of pyridine rings is 1. The number of thiophene rings is 1. The fourth-order valence-corrected chi connectivity index (χ4v) is 3.42. The third kappa shape index (κ3) is 2.44. The standard InChI is InChI=1S/C15H11N5O3S/c1-8-5-11(23-19-8)18-10(21)6-20-7-17-12-9-3-2-4-16-14(9)24-13(12)15(20)22/h2-5,7H,6H2,1H3,(H,18,21). The lowest BCUT2D eigenvalue weighted by Gasteiger charge is -2.04. The number of carbonyl (C=O) groups excluding carboxylic acids is 1. The van der Waals surface area contributed by atoms with Gasteiger partial charge in [-0.2, -0.15) is 0 Å².